The highest BCUT2D eigenvalue weighted by Crippen LogP contribution is 2.43. The molecule has 0 aliphatic carbocycles. The molecule has 8 heteroatoms. The first-order chi connectivity index (χ1) is 33.7. The SMILES string of the molecule is c1ccc(-c2nc(-c3ccccc3)nc(-c3ccc4c(c3)c3ccccc3n4-c3ccc(-c4cccc5sc6ccccc6c45)cc3-c3nc(-c4ccccc4)nc(-c4ccccc4)n3)n2)cc1. The molecule has 9 aromatic carbocycles. The molecule has 0 fully saturated rings. The van der Waals surface area contributed by atoms with Crippen LogP contribution in [-0.4, -0.2) is 34.5 Å². The first kappa shape index (κ1) is 39.4. The molecule has 4 heterocycles. The molecule has 0 radical (unpaired) electrons. The van der Waals surface area contributed by atoms with Gasteiger partial charge in [-0.2, -0.15) is 0 Å². The fraction of sp³-hybridized carbons (Fsp3) is 0. The molecule has 0 unspecified atom stereocenters. The first-order valence-electron chi connectivity index (χ1n) is 22.5. The largest absolute Gasteiger partial charge is 0.309 e. The standard InChI is InChI=1S/C60H37N7S/c1-5-18-38(19-6-1)55-61-56(39-20-7-2-8-21-39)64-59(63-55)43-33-35-50-47(37-43)45-26-13-15-29-49(45)67(50)51-34-32-42(44-28-17-31-53-54(44)46-27-14-16-30-52(46)68-53)36-48(51)60-65-57(40-22-9-3-10-23-40)62-58(66-60)41-24-11-4-12-25-41/h1-37H. The minimum absolute atomic E-state index is 0.575. The van der Waals surface area contributed by atoms with Crippen LogP contribution in [0, 0.1) is 0 Å². The smallest absolute Gasteiger partial charge is 0.166 e. The van der Waals surface area contributed by atoms with Crippen molar-refractivity contribution in [2.45, 2.75) is 0 Å². The topological polar surface area (TPSA) is 82.3 Å². The van der Waals surface area contributed by atoms with Crippen LogP contribution in [-0.2, 0) is 0 Å². The van der Waals surface area contributed by atoms with Gasteiger partial charge in [0.1, 0.15) is 0 Å². The quantitative estimate of drug-likeness (QED) is 0.151. The average Bonchev–Trinajstić information content (AvgIpc) is 3.97. The molecule has 4 aromatic heterocycles. The predicted molar refractivity (Wildman–Crippen MR) is 278 cm³/mol. The van der Waals surface area contributed by atoms with Crippen LogP contribution in [0.25, 0.3) is 127 Å². The zero-order chi connectivity index (χ0) is 45.0. The van der Waals surface area contributed by atoms with Gasteiger partial charge in [-0.05, 0) is 59.7 Å². The molecule has 0 saturated carbocycles. The van der Waals surface area contributed by atoms with E-state index in [4.69, 9.17) is 29.9 Å². The van der Waals surface area contributed by atoms with Gasteiger partial charge in [0.25, 0.3) is 0 Å². The Labute approximate surface area is 395 Å². The molecule has 0 bridgehead atoms. The molecule has 318 valence electrons. The number of aromatic nitrogens is 7. The van der Waals surface area contributed by atoms with E-state index in [2.05, 4.69) is 132 Å². The Balaban J connectivity index is 1.06. The average molecular weight is 888 g/mol. The monoisotopic (exact) mass is 887 g/mol. The second-order valence-electron chi connectivity index (χ2n) is 16.7. The Morgan fingerprint density at radius 2 is 0.735 bits per heavy atom. The van der Waals surface area contributed by atoms with Crippen LogP contribution < -0.4 is 0 Å². The Bertz CT molecular complexity index is 3900. The summed E-state index contributed by atoms with van der Waals surface area (Å²) in [5.74, 6) is 3.62. The van der Waals surface area contributed by atoms with Crippen molar-refractivity contribution in [1.29, 1.82) is 0 Å². The van der Waals surface area contributed by atoms with E-state index in [-0.39, 0.29) is 0 Å². The highest BCUT2D eigenvalue weighted by molar-refractivity contribution is 7.25. The maximum Gasteiger partial charge on any atom is 0.166 e. The normalized spacial score (nSPS) is 11.5. The highest BCUT2D eigenvalue weighted by Gasteiger charge is 2.22. The second kappa shape index (κ2) is 16.5. The van der Waals surface area contributed by atoms with Gasteiger partial charge >= 0.3 is 0 Å². The number of nitrogens with zero attached hydrogens (tertiary/aromatic N) is 7. The maximum absolute atomic E-state index is 5.33. The van der Waals surface area contributed by atoms with E-state index in [9.17, 15) is 0 Å². The van der Waals surface area contributed by atoms with Crippen molar-refractivity contribution in [1.82, 2.24) is 34.5 Å². The van der Waals surface area contributed by atoms with Crippen molar-refractivity contribution < 1.29 is 0 Å². The zero-order valence-electron chi connectivity index (χ0n) is 36.4. The summed E-state index contributed by atoms with van der Waals surface area (Å²) in [6.45, 7) is 0. The minimum atomic E-state index is 0.575. The number of rotatable bonds is 8. The highest BCUT2D eigenvalue weighted by atomic mass is 32.1. The summed E-state index contributed by atoms with van der Waals surface area (Å²) in [7, 11) is 0. The van der Waals surface area contributed by atoms with Gasteiger partial charge in [-0.1, -0.05) is 176 Å². The number of hydrogen-bond donors (Lipinski definition) is 0. The molecule has 0 aliphatic rings. The maximum atomic E-state index is 5.33. The molecular weight excluding hydrogens is 851 g/mol. The number of fused-ring (bicyclic) bond motifs is 6. The van der Waals surface area contributed by atoms with Gasteiger partial charge in [-0.25, -0.2) is 29.9 Å². The van der Waals surface area contributed by atoms with Gasteiger partial charge in [0.05, 0.1) is 16.7 Å². The van der Waals surface area contributed by atoms with Crippen molar-refractivity contribution in [3.05, 3.63) is 224 Å². The van der Waals surface area contributed by atoms with Crippen molar-refractivity contribution in [2.75, 3.05) is 0 Å². The molecule has 0 aliphatic heterocycles. The van der Waals surface area contributed by atoms with Crippen LogP contribution in [0.2, 0.25) is 0 Å². The van der Waals surface area contributed by atoms with Crippen LogP contribution in [0.15, 0.2) is 224 Å². The summed E-state index contributed by atoms with van der Waals surface area (Å²) in [6.07, 6.45) is 0. The third-order valence-corrected chi connectivity index (χ3v) is 13.7. The summed E-state index contributed by atoms with van der Waals surface area (Å²) in [5.41, 5.74) is 10.7. The Morgan fingerprint density at radius 1 is 0.279 bits per heavy atom. The molecule has 0 atom stereocenters. The van der Waals surface area contributed by atoms with Crippen LogP contribution in [0.1, 0.15) is 0 Å². The van der Waals surface area contributed by atoms with Crippen molar-refractivity contribution in [3.63, 3.8) is 0 Å². The summed E-state index contributed by atoms with van der Waals surface area (Å²) >= 11 is 1.82. The van der Waals surface area contributed by atoms with Gasteiger partial charge in [-0.3, -0.25) is 0 Å². The van der Waals surface area contributed by atoms with Gasteiger partial charge in [0.15, 0.2) is 34.9 Å². The van der Waals surface area contributed by atoms with Crippen LogP contribution in [0.4, 0.5) is 0 Å². The third-order valence-electron chi connectivity index (χ3n) is 12.5. The predicted octanol–water partition coefficient (Wildman–Crippen LogP) is 15.2. The molecule has 0 spiro atoms. The van der Waals surface area contributed by atoms with E-state index < -0.39 is 0 Å². The lowest BCUT2D eigenvalue weighted by atomic mass is 9.96. The summed E-state index contributed by atoms with van der Waals surface area (Å²) in [4.78, 5) is 30.9. The Hall–Kier alpha value is -8.98. The second-order valence-corrected chi connectivity index (χ2v) is 17.8. The lowest BCUT2D eigenvalue weighted by Crippen LogP contribution is -2.04. The fourth-order valence-corrected chi connectivity index (χ4v) is 10.5. The molecule has 7 nitrogen and oxygen atoms in total. The van der Waals surface area contributed by atoms with E-state index in [0.717, 1.165) is 72.0 Å². The van der Waals surface area contributed by atoms with E-state index in [1.165, 1.54) is 20.2 Å². The lowest BCUT2D eigenvalue weighted by Gasteiger charge is -2.17. The summed E-state index contributed by atoms with van der Waals surface area (Å²) in [5, 5.41) is 4.65. The summed E-state index contributed by atoms with van der Waals surface area (Å²) < 4.78 is 4.86. The number of hydrogen-bond acceptors (Lipinski definition) is 7. The van der Waals surface area contributed by atoms with E-state index in [1.807, 2.05) is 108 Å². The van der Waals surface area contributed by atoms with Crippen molar-refractivity contribution >= 4 is 53.3 Å². The van der Waals surface area contributed by atoms with Crippen molar-refractivity contribution in [3.8, 4) is 85.1 Å². The van der Waals surface area contributed by atoms with Gasteiger partial charge < -0.3 is 4.57 Å². The number of benzene rings is 9. The van der Waals surface area contributed by atoms with Crippen molar-refractivity contribution in [2.24, 2.45) is 0 Å². The van der Waals surface area contributed by atoms with E-state index in [0.29, 0.717) is 34.9 Å². The number of thiophene rings is 1. The lowest BCUT2D eigenvalue weighted by molar-refractivity contribution is 1.06. The molecular formula is C60H37N7S. The van der Waals surface area contributed by atoms with E-state index >= 15 is 0 Å². The van der Waals surface area contributed by atoms with Gasteiger partial charge in [0, 0.05) is 64.3 Å². The van der Waals surface area contributed by atoms with Gasteiger partial charge in [-0.15, -0.1) is 11.3 Å². The molecule has 13 aromatic rings. The van der Waals surface area contributed by atoms with Crippen LogP contribution in [0.3, 0.4) is 0 Å². The Morgan fingerprint density at radius 3 is 1.32 bits per heavy atom. The molecule has 0 saturated heterocycles. The van der Waals surface area contributed by atoms with Crippen LogP contribution >= 0.6 is 11.3 Å². The fourth-order valence-electron chi connectivity index (χ4n) is 9.33. The third kappa shape index (κ3) is 6.90. The zero-order valence-corrected chi connectivity index (χ0v) is 37.2. The minimum Gasteiger partial charge on any atom is -0.309 e. The van der Waals surface area contributed by atoms with Gasteiger partial charge in [0.2, 0.25) is 0 Å². The first-order valence-corrected chi connectivity index (χ1v) is 23.3. The molecule has 0 amide bonds. The number of para-hydroxylation sites is 1. The molecule has 0 N–H and O–H groups in total. The Kier molecular flexibility index (Phi) is 9.54. The van der Waals surface area contributed by atoms with Crippen LogP contribution in [0.5, 0.6) is 0 Å². The van der Waals surface area contributed by atoms with E-state index in [1.54, 1.807) is 0 Å². The molecule has 68 heavy (non-hydrogen) atoms. The molecule has 13 rings (SSSR count). The summed E-state index contributed by atoms with van der Waals surface area (Å²) in [6, 6.07) is 77.6.